The monoisotopic (exact) mass is 372 g/mol. The summed E-state index contributed by atoms with van der Waals surface area (Å²) in [6.07, 6.45) is -1.15. The number of para-hydroxylation sites is 1. The highest BCUT2D eigenvalue weighted by molar-refractivity contribution is 5.90. The lowest BCUT2D eigenvalue weighted by atomic mass is 10.2. The van der Waals surface area contributed by atoms with Gasteiger partial charge in [0.25, 0.3) is 0 Å². The lowest BCUT2D eigenvalue weighted by molar-refractivity contribution is -0.141. The van der Waals surface area contributed by atoms with Crippen molar-refractivity contribution in [1.82, 2.24) is 29.4 Å². The topological polar surface area (TPSA) is 60.9 Å². The summed E-state index contributed by atoms with van der Waals surface area (Å²) in [7, 11) is 0. The molecular weight excluding hydrogens is 357 g/mol. The molecule has 138 valence electrons. The standard InChI is InChI=1S/C18H15F3N6/c1-10(27-14(11-6-7-11)8-15(24-27)18(19,20)21)16-23-17-12-4-2-3-5-13(12)22-9-26(17)25-16/h2-5,8-11H,6-7H2,1H3/t10-/m1/s1. The van der Waals surface area contributed by atoms with E-state index >= 15 is 0 Å². The smallest absolute Gasteiger partial charge is 0.258 e. The fourth-order valence-electron chi connectivity index (χ4n) is 3.32. The van der Waals surface area contributed by atoms with Crippen molar-refractivity contribution < 1.29 is 13.2 Å². The summed E-state index contributed by atoms with van der Waals surface area (Å²) >= 11 is 0. The van der Waals surface area contributed by atoms with Gasteiger partial charge in [0.05, 0.1) is 5.52 Å². The second-order valence-electron chi connectivity index (χ2n) is 6.85. The molecule has 1 aromatic carbocycles. The normalized spacial score (nSPS) is 16.3. The Morgan fingerprint density at radius 2 is 1.93 bits per heavy atom. The number of nitrogens with zero attached hydrogens (tertiary/aromatic N) is 6. The molecule has 6 nitrogen and oxygen atoms in total. The molecule has 1 aliphatic carbocycles. The van der Waals surface area contributed by atoms with Crippen molar-refractivity contribution in [2.45, 2.75) is 37.9 Å². The van der Waals surface area contributed by atoms with E-state index in [1.165, 1.54) is 4.68 Å². The predicted octanol–water partition coefficient (Wildman–Crippen LogP) is 3.98. The first-order valence-corrected chi connectivity index (χ1v) is 8.68. The molecule has 3 heterocycles. The molecule has 9 heteroatoms. The zero-order chi connectivity index (χ0) is 18.8. The van der Waals surface area contributed by atoms with E-state index in [0.717, 1.165) is 29.8 Å². The van der Waals surface area contributed by atoms with Gasteiger partial charge in [-0.3, -0.25) is 4.68 Å². The minimum Gasteiger partial charge on any atom is -0.258 e. The van der Waals surface area contributed by atoms with E-state index in [1.807, 2.05) is 24.3 Å². The quantitative estimate of drug-likeness (QED) is 0.546. The molecule has 0 saturated heterocycles. The van der Waals surface area contributed by atoms with E-state index < -0.39 is 17.9 Å². The van der Waals surface area contributed by atoms with Gasteiger partial charge in [0.15, 0.2) is 17.2 Å². The highest BCUT2D eigenvalue weighted by Gasteiger charge is 2.39. The maximum Gasteiger partial charge on any atom is 0.435 e. The van der Waals surface area contributed by atoms with Crippen LogP contribution in [0, 0.1) is 0 Å². The van der Waals surface area contributed by atoms with Gasteiger partial charge in [-0.05, 0) is 38.0 Å². The molecule has 27 heavy (non-hydrogen) atoms. The number of aromatic nitrogens is 6. The van der Waals surface area contributed by atoms with Crippen molar-refractivity contribution in [3.05, 3.63) is 53.9 Å². The zero-order valence-corrected chi connectivity index (χ0v) is 14.4. The van der Waals surface area contributed by atoms with Crippen LogP contribution >= 0.6 is 0 Å². The number of hydrogen-bond donors (Lipinski definition) is 0. The summed E-state index contributed by atoms with van der Waals surface area (Å²) < 4.78 is 42.4. The van der Waals surface area contributed by atoms with Crippen LogP contribution in [0.4, 0.5) is 13.2 Å². The van der Waals surface area contributed by atoms with Gasteiger partial charge in [-0.15, -0.1) is 5.10 Å². The summed E-state index contributed by atoms with van der Waals surface area (Å²) in [5.74, 6) is 0.530. The Balaban J connectivity index is 1.63. The Labute approximate surface area is 151 Å². The van der Waals surface area contributed by atoms with Crippen LogP contribution in [0.25, 0.3) is 16.6 Å². The van der Waals surface area contributed by atoms with Crippen LogP contribution in [0.5, 0.6) is 0 Å². The average molecular weight is 372 g/mol. The molecule has 1 aliphatic rings. The van der Waals surface area contributed by atoms with Crippen molar-refractivity contribution in [3.8, 4) is 0 Å². The molecule has 1 saturated carbocycles. The summed E-state index contributed by atoms with van der Waals surface area (Å²) in [4.78, 5) is 8.92. The fraction of sp³-hybridized carbons (Fsp3) is 0.333. The van der Waals surface area contributed by atoms with E-state index in [9.17, 15) is 13.2 Å². The van der Waals surface area contributed by atoms with Crippen molar-refractivity contribution >= 4 is 16.6 Å². The van der Waals surface area contributed by atoms with Crippen LogP contribution < -0.4 is 0 Å². The summed E-state index contributed by atoms with van der Waals surface area (Å²) in [6.45, 7) is 1.77. The molecule has 4 aromatic rings. The first-order valence-electron chi connectivity index (χ1n) is 8.68. The van der Waals surface area contributed by atoms with Gasteiger partial charge in [-0.2, -0.15) is 18.3 Å². The van der Waals surface area contributed by atoms with Crippen molar-refractivity contribution in [2.24, 2.45) is 0 Å². The van der Waals surface area contributed by atoms with Gasteiger partial charge in [0.1, 0.15) is 12.4 Å². The van der Waals surface area contributed by atoms with Crippen molar-refractivity contribution in [3.63, 3.8) is 0 Å². The van der Waals surface area contributed by atoms with Gasteiger partial charge in [0.2, 0.25) is 0 Å². The molecule has 0 amide bonds. The Morgan fingerprint density at radius 1 is 1.15 bits per heavy atom. The minimum absolute atomic E-state index is 0.121. The first kappa shape index (κ1) is 16.2. The van der Waals surface area contributed by atoms with E-state index in [-0.39, 0.29) is 5.92 Å². The third kappa shape index (κ3) is 2.65. The number of rotatable bonds is 3. The first-order chi connectivity index (χ1) is 12.9. The molecule has 0 spiro atoms. The Morgan fingerprint density at radius 3 is 2.67 bits per heavy atom. The fourth-order valence-corrected chi connectivity index (χ4v) is 3.32. The molecule has 0 radical (unpaired) electrons. The number of alkyl halides is 3. The second kappa shape index (κ2) is 5.51. The maximum absolute atomic E-state index is 13.2. The number of hydrogen-bond acceptors (Lipinski definition) is 4. The summed E-state index contributed by atoms with van der Waals surface area (Å²) in [5.41, 5.74) is 1.14. The van der Waals surface area contributed by atoms with E-state index in [4.69, 9.17) is 0 Å². The van der Waals surface area contributed by atoms with E-state index in [2.05, 4.69) is 20.2 Å². The number of fused-ring (bicyclic) bond motifs is 3. The van der Waals surface area contributed by atoms with Crippen LogP contribution in [0.2, 0.25) is 0 Å². The predicted molar refractivity (Wildman–Crippen MR) is 91.3 cm³/mol. The number of halogens is 3. The highest BCUT2D eigenvalue weighted by Crippen LogP contribution is 2.43. The van der Waals surface area contributed by atoms with E-state index in [1.54, 1.807) is 17.8 Å². The van der Waals surface area contributed by atoms with Crippen LogP contribution in [0.1, 0.15) is 48.9 Å². The van der Waals surface area contributed by atoms with Gasteiger partial charge in [0, 0.05) is 17.0 Å². The molecule has 0 N–H and O–H groups in total. The molecule has 0 aliphatic heterocycles. The van der Waals surface area contributed by atoms with Crippen LogP contribution in [-0.2, 0) is 6.18 Å². The maximum atomic E-state index is 13.2. The third-order valence-corrected chi connectivity index (χ3v) is 4.89. The summed E-state index contributed by atoms with van der Waals surface area (Å²) in [5, 5.41) is 9.11. The molecule has 0 unspecified atom stereocenters. The SMILES string of the molecule is C[C@H](c1nc2c3ccccc3ncn2n1)n1nc(C(F)(F)F)cc1C1CC1. The van der Waals surface area contributed by atoms with Gasteiger partial charge >= 0.3 is 6.18 Å². The van der Waals surface area contributed by atoms with Crippen molar-refractivity contribution in [2.75, 3.05) is 0 Å². The molecule has 0 bridgehead atoms. The molecule has 5 rings (SSSR count). The molecular formula is C18H15F3N6. The highest BCUT2D eigenvalue weighted by atomic mass is 19.4. The average Bonchev–Trinajstić information content (AvgIpc) is 3.22. The van der Waals surface area contributed by atoms with Crippen LogP contribution in [0.15, 0.2) is 36.7 Å². The second-order valence-corrected chi connectivity index (χ2v) is 6.85. The molecule has 1 atom stereocenters. The van der Waals surface area contributed by atoms with Crippen LogP contribution in [-0.4, -0.2) is 29.4 Å². The molecule has 3 aromatic heterocycles. The van der Waals surface area contributed by atoms with Crippen molar-refractivity contribution in [1.29, 1.82) is 0 Å². The van der Waals surface area contributed by atoms with Crippen LogP contribution in [0.3, 0.4) is 0 Å². The lowest BCUT2D eigenvalue weighted by Gasteiger charge is -2.12. The third-order valence-electron chi connectivity index (χ3n) is 4.89. The van der Waals surface area contributed by atoms with Gasteiger partial charge < -0.3 is 0 Å². The lowest BCUT2D eigenvalue weighted by Crippen LogP contribution is -2.15. The number of benzene rings is 1. The zero-order valence-electron chi connectivity index (χ0n) is 14.4. The Hall–Kier alpha value is -2.97. The van der Waals surface area contributed by atoms with Gasteiger partial charge in [-0.1, -0.05) is 12.1 Å². The largest absolute Gasteiger partial charge is 0.435 e. The van der Waals surface area contributed by atoms with Gasteiger partial charge in [-0.25, -0.2) is 14.5 Å². The summed E-state index contributed by atoms with van der Waals surface area (Å²) in [6, 6.07) is 8.18. The Bertz CT molecular complexity index is 1160. The molecule has 1 fully saturated rings. The van der Waals surface area contributed by atoms with E-state index in [0.29, 0.717) is 17.2 Å². The Kier molecular flexibility index (Phi) is 3.31. The minimum atomic E-state index is -4.47.